The predicted molar refractivity (Wildman–Crippen MR) is 145 cm³/mol. The van der Waals surface area contributed by atoms with Crippen LogP contribution >= 0.6 is 15.4 Å². The number of carbonyl (C=O) groups excluding carboxylic acids is 1. The summed E-state index contributed by atoms with van der Waals surface area (Å²) in [6.07, 6.45) is -4.65. The van der Waals surface area contributed by atoms with Crippen molar-refractivity contribution in [2.24, 2.45) is 0 Å². The fraction of sp³-hybridized carbons (Fsp3) is 0.478. The average Bonchev–Trinajstić information content (AvgIpc) is 3.66. The number of benzene rings is 1. The molecule has 1 fully saturated rings. The summed E-state index contributed by atoms with van der Waals surface area (Å²) in [5.74, 6) is -0.836. The Morgan fingerprint density at radius 2 is 1.89 bits per heavy atom. The van der Waals surface area contributed by atoms with Gasteiger partial charge in [-0.2, -0.15) is 0 Å². The second-order valence-electron chi connectivity index (χ2n) is 9.79. The molecule has 5 rings (SSSR count). The second kappa shape index (κ2) is 12.3. The van der Waals surface area contributed by atoms with Gasteiger partial charge in [-0.25, -0.2) is 24.3 Å². The van der Waals surface area contributed by atoms with E-state index in [1.807, 2.05) is 0 Å². The number of cyclic esters (lactones) is 1. The fourth-order valence-electron chi connectivity index (χ4n) is 4.90. The molecule has 2 aliphatic heterocycles. The second-order valence-corrected chi connectivity index (χ2v) is 13.0. The Balaban J connectivity index is 1.15. The summed E-state index contributed by atoms with van der Waals surface area (Å²) in [5.41, 5.74) is 7.28. The summed E-state index contributed by atoms with van der Waals surface area (Å²) in [4.78, 5) is 44.1. The Morgan fingerprint density at radius 1 is 1.14 bits per heavy atom. The topological polar surface area (TPSA) is 277 Å². The summed E-state index contributed by atoms with van der Waals surface area (Å²) in [7, 11) is -8.30. The lowest BCUT2D eigenvalue weighted by molar-refractivity contribution is -0.0488. The largest absolute Gasteiger partial charge is 0.507 e. The summed E-state index contributed by atoms with van der Waals surface area (Å²) < 4.78 is 56.5. The van der Waals surface area contributed by atoms with Crippen molar-refractivity contribution in [2.45, 2.75) is 44.5 Å². The van der Waals surface area contributed by atoms with E-state index >= 15 is 0 Å². The lowest BCUT2D eigenvalue weighted by Crippen LogP contribution is -2.33. The molecule has 0 amide bonds. The molecule has 7 N–H and O–H groups in total. The quantitative estimate of drug-likeness (QED) is 0.112. The summed E-state index contributed by atoms with van der Waals surface area (Å²) in [6, 6.07) is 0. The maximum atomic E-state index is 12.5. The van der Waals surface area contributed by atoms with Crippen molar-refractivity contribution >= 4 is 38.4 Å². The number of anilines is 1. The molecule has 2 aromatic heterocycles. The van der Waals surface area contributed by atoms with E-state index in [0.717, 1.165) is 0 Å². The van der Waals surface area contributed by atoms with E-state index in [2.05, 4.69) is 19.5 Å². The molecule has 2 aliphatic rings. The highest BCUT2D eigenvalue weighted by atomic mass is 31.2. The van der Waals surface area contributed by atoms with Crippen molar-refractivity contribution in [3.05, 3.63) is 34.9 Å². The lowest BCUT2D eigenvalue weighted by Gasteiger charge is -2.19. The number of aliphatic hydroxyl groups excluding tert-OH is 2. The number of phosphoric acid groups is 1. The molecule has 19 nitrogen and oxygen atoms in total. The summed E-state index contributed by atoms with van der Waals surface area (Å²) >= 11 is 0. The number of fused-ring (bicyclic) bond motifs is 2. The lowest BCUT2D eigenvalue weighted by atomic mass is 9.95. The Bertz CT molecular complexity index is 1680. The molecular formula is C23H29N5O14P2. The molecular weight excluding hydrogens is 632 g/mol. The molecule has 3 aromatic rings. The predicted octanol–water partition coefficient (Wildman–Crippen LogP) is 0.257. The van der Waals surface area contributed by atoms with Crippen LogP contribution in [-0.4, -0.2) is 95.6 Å². The highest BCUT2D eigenvalue weighted by Crippen LogP contribution is 2.52. The van der Waals surface area contributed by atoms with E-state index in [1.165, 1.54) is 24.3 Å². The van der Waals surface area contributed by atoms with E-state index in [0.29, 0.717) is 11.1 Å². The molecule has 0 saturated carbocycles. The molecule has 0 radical (unpaired) electrons. The zero-order chi connectivity index (χ0) is 32.0. The molecule has 1 aromatic carbocycles. The Hall–Kier alpha value is -3.22. The van der Waals surface area contributed by atoms with Gasteiger partial charge >= 0.3 is 21.4 Å². The molecule has 0 bridgehead atoms. The molecule has 0 aliphatic carbocycles. The molecule has 2 unspecified atom stereocenters. The van der Waals surface area contributed by atoms with Gasteiger partial charge in [0.1, 0.15) is 53.8 Å². The van der Waals surface area contributed by atoms with E-state index < -0.39 is 71.2 Å². The monoisotopic (exact) mass is 661 g/mol. The summed E-state index contributed by atoms with van der Waals surface area (Å²) in [5, 5.41) is 31.6. The minimum atomic E-state index is -4.93. The number of aromatic hydroxyl groups is 1. The number of rotatable bonds is 12. The number of nitrogen functional groups attached to an aromatic ring is 1. The molecule has 240 valence electrons. The van der Waals surface area contributed by atoms with Crippen molar-refractivity contribution in [2.75, 3.05) is 32.4 Å². The van der Waals surface area contributed by atoms with Crippen LogP contribution in [0.15, 0.2) is 12.7 Å². The third-order valence-electron chi connectivity index (χ3n) is 7.08. The zero-order valence-corrected chi connectivity index (χ0v) is 25.0. The Morgan fingerprint density at radius 3 is 2.61 bits per heavy atom. The number of methoxy groups -OCH3 is 1. The first kappa shape index (κ1) is 32.2. The van der Waals surface area contributed by atoms with Crippen molar-refractivity contribution in [1.82, 2.24) is 19.5 Å². The van der Waals surface area contributed by atoms with Gasteiger partial charge in [0, 0.05) is 17.5 Å². The first-order chi connectivity index (χ1) is 20.7. The fourth-order valence-corrected chi connectivity index (χ4v) is 6.92. The molecule has 0 spiro atoms. The van der Waals surface area contributed by atoms with Crippen LogP contribution in [0.1, 0.15) is 33.3 Å². The number of hydrogen-bond acceptors (Lipinski definition) is 16. The molecule has 4 heterocycles. The highest BCUT2D eigenvalue weighted by molar-refractivity contribution is 7.54. The van der Waals surface area contributed by atoms with Crippen LogP contribution in [0.3, 0.4) is 0 Å². The maximum Gasteiger partial charge on any atom is 0.472 e. The number of imidazole rings is 1. The molecule has 6 atom stereocenters. The number of phenols is 1. The summed E-state index contributed by atoms with van der Waals surface area (Å²) in [6.45, 7) is 0.376. The van der Waals surface area contributed by atoms with Gasteiger partial charge in [-0.3, -0.25) is 18.2 Å². The third-order valence-corrected chi connectivity index (χ3v) is 9.25. The van der Waals surface area contributed by atoms with Crippen LogP contribution in [0.25, 0.3) is 11.2 Å². The van der Waals surface area contributed by atoms with Gasteiger partial charge in [-0.1, -0.05) is 0 Å². The van der Waals surface area contributed by atoms with Gasteiger partial charge < -0.3 is 49.6 Å². The number of ether oxygens (including phenoxy) is 3. The van der Waals surface area contributed by atoms with Crippen LogP contribution in [0, 0.1) is 6.92 Å². The van der Waals surface area contributed by atoms with Gasteiger partial charge in [0.05, 0.1) is 26.7 Å². The van der Waals surface area contributed by atoms with Crippen molar-refractivity contribution in [3.8, 4) is 11.5 Å². The number of aromatic nitrogens is 4. The Labute approximate surface area is 248 Å². The van der Waals surface area contributed by atoms with Crippen molar-refractivity contribution in [1.29, 1.82) is 0 Å². The number of esters is 1. The van der Waals surface area contributed by atoms with E-state index in [9.17, 15) is 39.0 Å². The molecule has 21 heteroatoms. The average molecular weight is 661 g/mol. The Kier molecular flexibility index (Phi) is 8.99. The van der Waals surface area contributed by atoms with Gasteiger partial charge in [-0.15, -0.1) is 0 Å². The minimum absolute atomic E-state index is 0.0349. The molecule has 1 saturated heterocycles. The van der Waals surface area contributed by atoms with Crippen LogP contribution in [0.5, 0.6) is 11.5 Å². The first-order valence-electron chi connectivity index (χ1n) is 12.9. The van der Waals surface area contributed by atoms with Gasteiger partial charge in [0.2, 0.25) is 0 Å². The minimum Gasteiger partial charge on any atom is -0.507 e. The van der Waals surface area contributed by atoms with Gasteiger partial charge in [0.25, 0.3) is 0 Å². The highest BCUT2D eigenvalue weighted by Gasteiger charge is 2.45. The number of aliphatic hydroxyl groups is 2. The zero-order valence-electron chi connectivity index (χ0n) is 23.2. The number of nitrogens with two attached hydrogens (primary N) is 1. The number of phosphoric ester groups is 1. The standard InChI is InChI=1S/C23H29N5O14P2/c1-10-12-5-38-23(32)14(12)16(29)11(19(10)37-2)3-4-39-44(35,36)41-9-43(33,34)40-6-13-17(30)18(31)22(42-13)28-8-27-15-20(24)25-7-26-21(15)28/h7-8,13,17-18,22,29-31H,3-6,9H2,1-2H3,(H,33,34)(H,35,36)(H2,24,25,26)/t13-,17-,18-,22-/m1/s1. The molecule has 44 heavy (non-hydrogen) atoms. The van der Waals surface area contributed by atoms with Crippen molar-refractivity contribution < 1.29 is 66.8 Å². The SMILES string of the molecule is COc1c(C)c2c(c(O)c1CCOP(=O)(O)OCP(=O)(O)OC[C@H]1O[C@@H](n3cnc4c(N)ncnc43)[C@H](O)[C@@H]1O)C(=O)OC2. The van der Waals surface area contributed by atoms with Gasteiger partial charge in [0.15, 0.2) is 24.0 Å². The number of nitrogens with zero attached hydrogens (tertiary/aromatic N) is 4. The van der Waals surface area contributed by atoms with Crippen molar-refractivity contribution in [3.63, 3.8) is 0 Å². The van der Waals surface area contributed by atoms with E-state index in [-0.39, 0.29) is 46.9 Å². The van der Waals surface area contributed by atoms with Crippen LogP contribution in [0.2, 0.25) is 0 Å². The first-order valence-corrected chi connectivity index (χ1v) is 16.1. The number of phenolic OH excluding ortho intramolecular Hbond substituents is 1. The maximum absolute atomic E-state index is 12.5. The number of carbonyl (C=O) groups is 1. The van der Waals surface area contributed by atoms with Crippen LogP contribution in [-0.2, 0) is 45.2 Å². The third kappa shape index (κ3) is 6.16. The van der Waals surface area contributed by atoms with Crippen LogP contribution in [0.4, 0.5) is 5.82 Å². The number of hydrogen-bond donors (Lipinski definition) is 6. The normalized spacial score (nSPS) is 24.2. The van der Waals surface area contributed by atoms with Gasteiger partial charge in [-0.05, 0) is 12.5 Å². The van der Waals surface area contributed by atoms with Crippen LogP contribution < -0.4 is 10.5 Å². The van der Waals surface area contributed by atoms with E-state index in [1.54, 1.807) is 6.92 Å². The van der Waals surface area contributed by atoms with E-state index in [4.69, 9.17) is 29.0 Å². The smallest absolute Gasteiger partial charge is 0.472 e.